The summed E-state index contributed by atoms with van der Waals surface area (Å²) < 4.78 is 48.7. The van der Waals surface area contributed by atoms with Gasteiger partial charge in [0.15, 0.2) is 0 Å². The van der Waals surface area contributed by atoms with Crippen molar-refractivity contribution < 1.29 is 27.1 Å². The van der Waals surface area contributed by atoms with Gasteiger partial charge in [0.1, 0.15) is 24.2 Å². The quantitative estimate of drug-likeness (QED) is 0.146. The summed E-state index contributed by atoms with van der Waals surface area (Å²) in [5.41, 5.74) is 1.39. The summed E-state index contributed by atoms with van der Waals surface area (Å²) in [4.78, 5) is 30.0. The van der Waals surface area contributed by atoms with E-state index in [4.69, 9.17) is 27.9 Å². The van der Waals surface area contributed by atoms with Crippen LogP contribution in [0, 0.1) is 5.82 Å². The molecule has 1 N–H and O–H groups in total. The fourth-order valence-electron chi connectivity index (χ4n) is 5.91. The van der Waals surface area contributed by atoms with Gasteiger partial charge in [-0.05, 0) is 86.0 Å². The second kappa shape index (κ2) is 16.5. The molecule has 0 aliphatic heterocycles. The fourth-order valence-corrected chi connectivity index (χ4v) is 7.84. The number of ether oxygens (including phenoxy) is 1. The van der Waals surface area contributed by atoms with Gasteiger partial charge in [-0.15, -0.1) is 0 Å². The van der Waals surface area contributed by atoms with E-state index >= 15 is 0 Å². The molecule has 0 radical (unpaired) electrons. The van der Waals surface area contributed by atoms with Crippen LogP contribution in [0.5, 0.6) is 5.75 Å². The lowest BCUT2D eigenvalue weighted by Crippen LogP contribution is -2.54. The lowest BCUT2D eigenvalue weighted by molar-refractivity contribution is -0.140. The largest absolute Gasteiger partial charge is 0.494 e. The van der Waals surface area contributed by atoms with Crippen LogP contribution in [0.25, 0.3) is 0 Å². The predicted molar refractivity (Wildman–Crippen MR) is 190 cm³/mol. The minimum atomic E-state index is -4.41. The maximum Gasteiger partial charge on any atom is 0.264 e. The first-order chi connectivity index (χ1) is 23.6. The smallest absolute Gasteiger partial charge is 0.264 e. The molecule has 8 nitrogen and oxygen atoms in total. The molecule has 0 spiro atoms. The van der Waals surface area contributed by atoms with E-state index in [-0.39, 0.29) is 35.5 Å². The summed E-state index contributed by atoms with van der Waals surface area (Å²) in [6.45, 7) is 1.38. The van der Waals surface area contributed by atoms with Crippen molar-refractivity contribution in [2.24, 2.45) is 0 Å². The molecule has 1 aliphatic rings. The lowest BCUT2D eigenvalue weighted by atomic mass is 10.0. The van der Waals surface area contributed by atoms with Gasteiger partial charge in [0.2, 0.25) is 11.8 Å². The van der Waals surface area contributed by atoms with Crippen LogP contribution >= 0.6 is 23.2 Å². The molecule has 49 heavy (non-hydrogen) atoms. The lowest BCUT2D eigenvalue weighted by Gasteiger charge is -2.34. The molecule has 5 rings (SSSR count). The highest BCUT2D eigenvalue weighted by molar-refractivity contribution is 7.92. The van der Waals surface area contributed by atoms with E-state index in [0.29, 0.717) is 28.0 Å². The van der Waals surface area contributed by atoms with E-state index in [9.17, 15) is 22.4 Å². The number of sulfonamides is 1. The average Bonchev–Trinajstić information content (AvgIpc) is 3.60. The van der Waals surface area contributed by atoms with Gasteiger partial charge < -0.3 is 15.0 Å². The van der Waals surface area contributed by atoms with Crippen molar-refractivity contribution in [3.8, 4) is 5.75 Å². The Morgan fingerprint density at radius 3 is 2.14 bits per heavy atom. The molecule has 1 saturated carbocycles. The molecule has 0 saturated heterocycles. The molecule has 1 fully saturated rings. The van der Waals surface area contributed by atoms with Crippen molar-refractivity contribution in [2.75, 3.05) is 17.5 Å². The van der Waals surface area contributed by atoms with Crippen LogP contribution in [0.1, 0.15) is 43.7 Å². The van der Waals surface area contributed by atoms with Gasteiger partial charge in [0, 0.05) is 34.6 Å². The number of halogens is 3. The molecule has 0 bridgehead atoms. The molecule has 4 aromatic rings. The first kappa shape index (κ1) is 36.2. The summed E-state index contributed by atoms with van der Waals surface area (Å²) in [5.74, 6) is -1.12. The van der Waals surface area contributed by atoms with Gasteiger partial charge >= 0.3 is 0 Å². The van der Waals surface area contributed by atoms with Gasteiger partial charge in [-0.2, -0.15) is 0 Å². The number of nitrogens with zero attached hydrogens (tertiary/aromatic N) is 2. The monoisotopic (exact) mass is 725 g/mol. The standard InChI is InChI=1S/C37H38Cl2FN3O5S/c1-2-48-30-19-17-29(18-20-30)43(49(46,47)31-21-15-27(40)16-22-31)25-36(44)42(24-32-33(38)13-8-14-34(32)39)35(23-26-9-4-3-5-10-26)37(45)41-28-11-6-7-12-28/h3-5,8-10,13-22,28,35H,2,6-7,11-12,23-25H2,1H3,(H,41,45). The van der Waals surface area contributed by atoms with Gasteiger partial charge in [0.05, 0.1) is 17.2 Å². The molecule has 0 aromatic heterocycles. The highest BCUT2D eigenvalue weighted by Crippen LogP contribution is 2.30. The summed E-state index contributed by atoms with van der Waals surface area (Å²) in [6.07, 6.45) is 3.79. The van der Waals surface area contributed by atoms with E-state index in [1.54, 1.807) is 30.3 Å². The number of benzene rings is 4. The molecule has 1 unspecified atom stereocenters. The number of hydrogen-bond donors (Lipinski definition) is 1. The van der Waals surface area contributed by atoms with Crippen LogP contribution < -0.4 is 14.4 Å². The topological polar surface area (TPSA) is 96.0 Å². The molecule has 258 valence electrons. The third-order valence-corrected chi connectivity index (χ3v) is 11.0. The number of carbonyl (C=O) groups excluding carboxylic acids is 2. The van der Waals surface area contributed by atoms with Crippen LogP contribution in [-0.2, 0) is 32.6 Å². The number of nitrogens with one attached hydrogen (secondary N) is 1. The Morgan fingerprint density at radius 2 is 1.53 bits per heavy atom. The number of amides is 2. The Bertz CT molecular complexity index is 1820. The molecule has 1 atom stereocenters. The normalized spacial score (nSPS) is 13.9. The zero-order valence-electron chi connectivity index (χ0n) is 27.0. The summed E-state index contributed by atoms with van der Waals surface area (Å²) in [5, 5.41) is 3.72. The molecule has 1 aliphatic carbocycles. The molecular weight excluding hydrogens is 688 g/mol. The number of carbonyl (C=O) groups is 2. The van der Waals surface area contributed by atoms with Gasteiger partial charge in [-0.25, -0.2) is 12.8 Å². The fraction of sp³-hybridized carbons (Fsp3) is 0.297. The first-order valence-corrected chi connectivity index (χ1v) is 18.3. The maximum absolute atomic E-state index is 14.7. The third-order valence-electron chi connectivity index (χ3n) is 8.48. The number of anilines is 1. The van der Waals surface area contributed by atoms with E-state index in [0.717, 1.165) is 59.8 Å². The van der Waals surface area contributed by atoms with E-state index in [1.165, 1.54) is 17.0 Å². The average molecular weight is 727 g/mol. The minimum absolute atomic E-state index is 0.0363. The van der Waals surface area contributed by atoms with Crippen LogP contribution in [0.3, 0.4) is 0 Å². The summed E-state index contributed by atoms with van der Waals surface area (Å²) >= 11 is 13.2. The summed E-state index contributed by atoms with van der Waals surface area (Å²) in [6, 6.07) is 23.8. The van der Waals surface area contributed by atoms with Crippen LogP contribution in [0.15, 0.2) is 102 Å². The zero-order valence-corrected chi connectivity index (χ0v) is 29.4. The SMILES string of the molecule is CCOc1ccc(N(CC(=O)N(Cc2c(Cl)cccc2Cl)C(Cc2ccccc2)C(=O)NC2CCCC2)S(=O)(=O)c2ccc(F)cc2)cc1. The van der Waals surface area contributed by atoms with Crippen molar-refractivity contribution in [3.63, 3.8) is 0 Å². The van der Waals surface area contributed by atoms with Crippen LogP contribution in [-0.4, -0.2) is 50.4 Å². The predicted octanol–water partition coefficient (Wildman–Crippen LogP) is 7.43. The Kier molecular flexibility index (Phi) is 12.2. The zero-order chi connectivity index (χ0) is 35.0. The van der Waals surface area contributed by atoms with E-state index in [1.807, 2.05) is 37.3 Å². The van der Waals surface area contributed by atoms with Crippen molar-refractivity contribution in [2.45, 2.75) is 62.6 Å². The molecule has 2 amide bonds. The van der Waals surface area contributed by atoms with Gasteiger partial charge in [0.25, 0.3) is 10.0 Å². The third kappa shape index (κ3) is 9.12. The van der Waals surface area contributed by atoms with E-state index in [2.05, 4.69) is 5.32 Å². The van der Waals surface area contributed by atoms with Crippen molar-refractivity contribution in [1.82, 2.24) is 10.2 Å². The molecular formula is C37H38Cl2FN3O5S. The van der Waals surface area contributed by atoms with Gasteiger partial charge in [-0.1, -0.05) is 72.4 Å². The van der Waals surface area contributed by atoms with Crippen LogP contribution in [0.4, 0.5) is 10.1 Å². The Morgan fingerprint density at radius 1 is 0.898 bits per heavy atom. The maximum atomic E-state index is 14.7. The van der Waals surface area contributed by atoms with Crippen molar-refractivity contribution >= 4 is 50.7 Å². The van der Waals surface area contributed by atoms with Crippen molar-refractivity contribution in [3.05, 3.63) is 124 Å². The van der Waals surface area contributed by atoms with Crippen LogP contribution in [0.2, 0.25) is 10.0 Å². The highest BCUT2D eigenvalue weighted by Gasteiger charge is 2.36. The minimum Gasteiger partial charge on any atom is -0.494 e. The second-order valence-corrected chi connectivity index (χ2v) is 14.5. The van der Waals surface area contributed by atoms with Gasteiger partial charge in [-0.3, -0.25) is 13.9 Å². The Hall–Kier alpha value is -4.12. The summed E-state index contributed by atoms with van der Waals surface area (Å²) in [7, 11) is -4.41. The molecule has 0 heterocycles. The molecule has 12 heteroatoms. The Balaban J connectivity index is 1.59. The first-order valence-electron chi connectivity index (χ1n) is 16.1. The second-order valence-electron chi connectivity index (χ2n) is 11.8. The van der Waals surface area contributed by atoms with Crippen molar-refractivity contribution in [1.29, 1.82) is 0 Å². The highest BCUT2D eigenvalue weighted by atomic mass is 35.5. The molecule has 4 aromatic carbocycles. The number of rotatable bonds is 14. The van der Waals surface area contributed by atoms with E-state index < -0.39 is 34.3 Å². The number of hydrogen-bond acceptors (Lipinski definition) is 5. The Labute approximate surface area is 296 Å².